The number of carbonyl (C=O) groups excluding carboxylic acids is 1. The molecule has 3 rings (SSSR count). The van der Waals surface area contributed by atoms with E-state index in [4.69, 9.17) is 4.74 Å². The summed E-state index contributed by atoms with van der Waals surface area (Å²) in [5, 5.41) is 0.578. The van der Waals surface area contributed by atoms with Gasteiger partial charge in [-0.15, -0.1) is 0 Å². The molecule has 0 spiro atoms. The Labute approximate surface area is 132 Å². The molecule has 22 heavy (non-hydrogen) atoms. The van der Waals surface area contributed by atoms with Crippen molar-refractivity contribution in [2.24, 2.45) is 5.92 Å². The number of halogens is 1. The van der Waals surface area contributed by atoms with Crippen molar-refractivity contribution in [2.75, 3.05) is 13.1 Å². The van der Waals surface area contributed by atoms with Gasteiger partial charge in [-0.3, -0.25) is 4.79 Å². The van der Waals surface area contributed by atoms with Crippen LogP contribution in [-0.4, -0.2) is 35.0 Å². The molecule has 1 saturated heterocycles. The molecule has 0 unspecified atom stereocenters. The van der Waals surface area contributed by atoms with Crippen LogP contribution in [0.2, 0.25) is 0 Å². The monoisotopic (exact) mass is 322 g/mol. The summed E-state index contributed by atoms with van der Waals surface area (Å²) in [5.74, 6) is -0.0197. The number of benzene rings is 1. The average molecular weight is 322 g/mol. The minimum absolute atomic E-state index is 0.0385. The van der Waals surface area contributed by atoms with Gasteiger partial charge in [0.2, 0.25) is 5.91 Å². The standard InChI is InChI=1S/C16H19FN2O2S/c1-10(2)15(20)19-7-5-12(6-8-19)21-16-18-13-4-3-11(17)9-14(13)22-16/h3-4,9-10,12H,5-8H2,1-2H3. The van der Waals surface area contributed by atoms with Crippen molar-refractivity contribution in [3.05, 3.63) is 24.0 Å². The Kier molecular flexibility index (Phi) is 4.29. The lowest BCUT2D eigenvalue weighted by atomic mass is 10.1. The predicted octanol–water partition coefficient (Wildman–Crippen LogP) is 3.46. The summed E-state index contributed by atoms with van der Waals surface area (Å²) in [6, 6.07) is 4.55. The van der Waals surface area contributed by atoms with Gasteiger partial charge in [-0.2, -0.15) is 0 Å². The Balaban J connectivity index is 1.61. The second-order valence-corrected chi connectivity index (χ2v) is 6.88. The summed E-state index contributed by atoms with van der Waals surface area (Å²) >= 11 is 1.36. The minimum atomic E-state index is -0.261. The van der Waals surface area contributed by atoms with E-state index < -0.39 is 0 Å². The van der Waals surface area contributed by atoms with Gasteiger partial charge in [-0.25, -0.2) is 9.37 Å². The number of nitrogens with zero attached hydrogens (tertiary/aromatic N) is 2. The smallest absolute Gasteiger partial charge is 0.274 e. The molecule has 6 heteroatoms. The highest BCUT2D eigenvalue weighted by molar-refractivity contribution is 7.20. The van der Waals surface area contributed by atoms with E-state index in [1.54, 1.807) is 6.07 Å². The molecule has 4 nitrogen and oxygen atoms in total. The first-order valence-corrected chi connectivity index (χ1v) is 8.36. The van der Waals surface area contributed by atoms with Crippen LogP contribution in [0.1, 0.15) is 26.7 Å². The number of carbonyl (C=O) groups is 1. The van der Waals surface area contributed by atoms with Crippen molar-refractivity contribution in [1.29, 1.82) is 0 Å². The van der Waals surface area contributed by atoms with E-state index in [9.17, 15) is 9.18 Å². The minimum Gasteiger partial charge on any atom is -0.467 e. The quantitative estimate of drug-likeness (QED) is 0.869. The molecule has 1 aliphatic heterocycles. The molecule has 1 aliphatic rings. The normalized spacial score (nSPS) is 16.5. The van der Waals surface area contributed by atoms with E-state index in [1.807, 2.05) is 18.7 Å². The van der Waals surface area contributed by atoms with Crippen LogP contribution in [-0.2, 0) is 4.79 Å². The summed E-state index contributed by atoms with van der Waals surface area (Å²) in [4.78, 5) is 18.2. The van der Waals surface area contributed by atoms with Gasteiger partial charge in [-0.05, 0) is 18.2 Å². The second kappa shape index (κ2) is 6.20. The van der Waals surface area contributed by atoms with Gasteiger partial charge in [0, 0.05) is 31.8 Å². The van der Waals surface area contributed by atoms with E-state index in [1.165, 1.54) is 23.5 Å². The molecular weight excluding hydrogens is 303 g/mol. The number of hydrogen-bond acceptors (Lipinski definition) is 4. The summed E-state index contributed by atoms with van der Waals surface area (Å²) < 4.78 is 19.9. The van der Waals surface area contributed by atoms with E-state index in [2.05, 4.69) is 4.98 Å². The van der Waals surface area contributed by atoms with Crippen molar-refractivity contribution < 1.29 is 13.9 Å². The number of ether oxygens (including phenoxy) is 1. The van der Waals surface area contributed by atoms with E-state index >= 15 is 0 Å². The molecule has 1 aromatic carbocycles. The Morgan fingerprint density at radius 3 is 2.82 bits per heavy atom. The number of amides is 1. The fraction of sp³-hybridized carbons (Fsp3) is 0.500. The van der Waals surface area contributed by atoms with E-state index in [0.29, 0.717) is 5.19 Å². The molecule has 1 amide bonds. The number of rotatable bonds is 3. The Morgan fingerprint density at radius 2 is 2.14 bits per heavy atom. The third-order valence-electron chi connectivity index (χ3n) is 3.85. The molecular formula is C16H19FN2O2S. The molecule has 0 atom stereocenters. The maximum atomic E-state index is 13.2. The van der Waals surface area contributed by atoms with Crippen molar-refractivity contribution in [3.8, 4) is 5.19 Å². The zero-order valence-corrected chi connectivity index (χ0v) is 13.5. The van der Waals surface area contributed by atoms with Crippen LogP contribution in [0.5, 0.6) is 5.19 Å². The van der Waals surface area contributed by atoms with Crippen LogP contribution < -0.4 is 4.74 Å². The molecule has 2 heterocycles. The Bertz CT molecular complexity index is 678. The first kappa shape index (κ1) is 15.2. The highest BCUT2D eigenvalue weighted by Crippen LogP contribution is 2.30. The summed E-state index contributed by atoms with van der Waals surface area (Å²) in [5.41, 5.74) is 0.758. The lowest BCUT2D eigenvalue weighted by Crippen LogP contribution is -2.43. The highest BCUT2D eigenvalue weighted by Gasteiger charge is 2.25. The number of thiazole rings is 1. The fourth-order valence-electron chi connectivity index (χ4n) is 2.63. The van der Waals surface area contributed by atoms with Crippen molar-refractivity contribution >= 4 is 27.5 Å². The molecule has 0 radical (unpaired) electrons. The van der Waals surface area contributed by atoms with Crippen LogP contribution in [0, 0.1) is 11.7 Å². The van der Waals surface area contributed by atoms with Crippen LogP contribution in [0.25, 0.3) is 10.2 Å². The summed E-state index contributed by atoms with van der Waals surface area (Å²) in [6.07, 6.45) is 1.69. The van der Waals surface area contributed by atoms with E-state index in [-0.39, 0.29) is 23.7 Å². The number of aromatic nitrogens is 1. The van der Waals surface area contributed by atoms with Crippen molar-refractivity contribution in [1.82, 2.24) is 9.88 Å². The molecule has 0 N–H and O–H groups in total. The largest absolute Gasteiger partial charge is 0.467 e. The highest BCUT2D eigenvalue weighted by atomic mass is 32.1. The van der Waals surface area contributed by atoms with Crippen LogP contribution >= 0.6 is 11.3 Å². The Morgan fingerprint density at radius 1 is 1.41 bits per heavy atom. The Hall–Kier alpha value is -1.69. The topological polar surface area (TPSA) is 42.4 Å². The molecule has 1 fully saturated rings. The van der Waals surface area contributed by atoms with Crippen LogP contribution in [0.3, 0.4) is 0 Å². The molecule has 118 valence electrons. The molecule has 2 aromatic rings. The van der Waals surface area contributed by atoms with Gasteiger partial charge in [0.1, 0.15) is 11.9 Å². The van der Waals surface area contributed by atoms with Gasteiger partial charge in [0.25, 0.3) is 5.19 Å². The van der Waals surface area contributed by atoms with Crippen molar-refractivity contribution in [3.63, 3.8) is 0 Å². The van der Waals surface area contributed by atoms with Crippen molar-refractivity contribution in [2.45, 2.75) is 32.8 Å². The lowest BCUT2D eigenvalue weighted by molar-refractivity contribution is -0.136. The maximum Gasteiger partial charge on any atom is 0.274 e. The molecule has 1 aromatic heterocycles. The average Bonchev–Trinajstić information content (AvgIpc) is 2.88. The molecule has 0 aliphatic carbocycles. The summed E-state index contributed by atoms with van der Waals surface area (Å²) in [7, 11) is 0. The second-order valence-electron chi connectivity index (χ2n) is 5.89. The number of fused-ring (bicyclic) bond motifs is 1. The zero-order valence-electron chi connectivity index (χ0n) is 12.7. The van der Waals surface area contributed by atoms with Gasteiger partial charge >= 0.3 is 0 Å². The van der Waals surface area contributed by atoms with E-state index in [0.717, 1.165) is 36.1 Å². The molecule has 0 bridgehead atoms. The third-order valence-corrected chi connectivity index (χ3v) is 4.75. The number of piperidine rings is 1. The fourth-order valence-corrected chi connectivity index (χ4v) is 3.54. The lowest BCUT2D eigenvalue weighted by Gasteiger charge is -2.32. The number of likely N-dealkylation sites (tertiary alicyclic amines) is 1. The van der Waals surface area contributed by atoms with Crippen LogP contribution in [0.4, 0.5) is 4.39 Å². The summed E-state index contributed by atoms with van der Waals surface area (Å²) in [6.45, 7) is 5.29. The predicted molar refractivity (Wildman–Crippen MR) is 84.6 cm³/mol. The van der Waals surface area contributed by atoms with Gasteiger partial charge in [-0.1, -0.05) is 25.2 Å². The maximum absolute atomic E-state index is 13.2. The first-order valence-electron chi connectivity index (χ1n) is 7.54. The molecule has 0 saturated carbocycles. The third kappa shape index (κ3) is 3.21. The van der Waals surface area contributed by atoms with Gasteiger partial charge < -0.3 is 9.64 Å². The number of hydrogen-bond donors (Lipinski definition) is 0. The van der Waals surface area contributed by atoms with Gasteiger partial charge in [0.05, 0.1) is 10.2 Å². The zero-order chi connectivity index (χ0) is 15.7. The first-order chi connectivity index (χ1) is 10.5. The van der Waals surface area contributed by atoms with Gasteiger partial charge in [0.15, 0.2) is 0 Å². The van der Waals surface area contributed by atoms with Crippen LogP contribution in [0.15, 0.2) is 18.2 Å². The SMILES string of the molecule is CC(C)C(=O)N1CCC(Oc2nc3ccc(F)cc3s2)CC1.